The summed E-state index contributed by atoms with van der Waals surface area (Å²) in [5, 5.41) is 3.64. The molecule has 1 aromatic rings. The van der Waals surface area contributed by atoms with Gasteiger partial charge in [0.2, 0.25) is 0 Å². The highest BCUT2D eigenvalue weighted by atomic mass is 32.1. The van der Waals surface area contributed by atoms with E-state index in [1.54, 1.807) is 0 Å². The number of nitrogens with zero attached hydrogens (tertiary/aromatic N) is 1. The second kappa shape index (κ2) is 4.65. The number of hydrogen-bond donors (Lipinski definition) is 0. The van der Waals surface area contributed by atoms with Gasteiger partial charge in [-0.15, -0.1) is 11.3 Å². The first-order chi connectivity index (χ1) is 7.16. The van der Waals surface area contributed by atoms with Gasteiger partial charge in [0.25, 0.3) is 0 Å². The van der Waals surface area contributed by atoms with E-state index in [-0.39, 0.29) is 0 Å². The lowest BCUT2D eigenvalue weighted by Gasteiger charge is -2.24. The molecular formula is C13H21NS. The van der Waals surface area contributed by atoms with Gasteiger partial charge >= 0.3 is 0 Å². The molecule has 0 aromatic carbocycles. The minimum atomic E-state index is 0.580. The molecule has 0 radical (unpaired) electrons. The van der Waals surface area contributed by atoms with Crippen LogP contribution in [0.1, 0.15) is 69.0 Å². The number of hydrogen-bond acceptors (Lipinski definition) is 2. The third-order valence-electron chi connectivity index (χ3n) is 3.42. The Balaban J connectivity index is 2.08. The lowest BCUT2D eigenvalue weighted by atomic mass is 9.83. The molecule has 15 heavy (non-hydrogen) atoms. The molecule has 1 saturated carbocycles. The Morgan fingerprint density at radius 3 is 2.80 bits per heavy atom. The van der Waals surface area contributed by atoms with Crippen LogP contribution in [-0.4, -0.2) is 4.98 Å². The fourth-order valence-corrected chi connectivity index (χ4v) is 3.54. The first kappa shape index (κ1) is 11.1. The Morgan fingerprint density at radius 2 is 2.20 bits per heavy atom. The van der Waals surface area contributed by atoms with Crippen LogP contribution in [0.5, 0.6) is 0 Å². The SMILES string of the molecule is CC1CCCC(c2nc(C(C)C)cs2)C1. The van der Waals surface area contributed by atoms with Crippen LogP contribution in [0.3, 0.4) is 0 Å². The zero-order chi connectivity index (χ0) is 10.8. The van der Waals surface area contributed by atoms with Crippen LogP contribution in [0.2, 0.25) is 0 Å². The average Bonchev–Trinajstić information content (AvgIpc) is 2.66. The molecule has 1 aliphatic rings. The largest absolute Gasteiger partial charge is 0.246 e. The summed E-state index contributed by atoms with van der Waals surface area (Å²) in [7, 11) is 0. The Morgan fingerprint density at radius 1 is 1.40 bits per heavy atom. The molecule has 0 N–H and O–H groups in total. The second-order valence-corrected chi connectivity index (χ2v) is 6.12. The molecule has 1 aromatic heterocycles. The van der Waals surface area contributed by atoms with Crippen LogP contribution in [0, 0.1) is 5.92 Å². The van der Waals surface area contributed by atoms with E-state index in [0.29, 0.717) is 5.92 Å². The molecule has 0 saturated heterocycles. The highest BCUT2D eigenvalue weighted by Gasteiger charge is 2.23. The van der Waals surface area contributed by atoms with Crippen LogP contribution >= 0.6 is 11.3 Å². The fourth-order valence-electron chi connectivity index (χ4n) is 2.41. The highest BCUT2D eigenvalue weighted by Crippen LogP contribution is 2.37. The molecule has 1 aliphatic carbocycles. The summed E-state index contributed by atoms with van der Waals surface area (Å²) in [6, 6.07) is 0. The van der Waals surface area contributed by atoms with Gasteiger partial charge in [0.05, 0.1) is 10.7 Å². The van der Waals surface area contributed by atoms with Gasteiger partial charge in [-0.2, -0.15) is 0 Å². The van der Waals surface area contributed by atoms with Crippen molar-refractivity contribution in [3.05, 3.63) is 16.1 Å². The van der Waals surface area contributed by atoms with Gasteiger partial charge in [-0.25, -0.2) is 4.98 Å². The third kappa shape index (κ3) is 2.60. The number of thiazole rings is 1. The Hall–Kier alpha value is -0.370. The molecule has 0 aliphatic heterocycles. The van der Waals surface area contributed by atoms with Crippen molar-refractivity contribution < 1.29 is 0 Å². The molecule has 1 fully saturated rings. The van der Waals surface area contributed by atoms with E-state index >= 15 is 0 Å². The van der Waals surface area contributed by atoms with Gasteiger partial charge in [0.1, 0.15) is 0 Å². The molecule has 0 spiro atoms. The van der Waals surface area contributed by atoms with E-state index in [2.05, 4.69) is 26.2 Å². The first-order valence-corrected chi connectivity index (χ1v) is 7.00. The second-order valence-electron chi connectivity index (χ2n) is 5.23. The minimum absolute atomic E-state index is 0.580. The van der Waals surface area contributed by atoms with E-state index in [9.17, 15) is 0 Å². The smallest absolute Gasteiger partial charge is 0.0959 e. The quantitative estimate of drug-likeness (QED) is 0.716. The summed E-state index contributed by atoms with van der Waals surface area (Å²) in [4.78, 5) is 4.79. The third-order valence-corrected chi connectivity index (χ3v) is 4.44. The maximum Gasteiger partial charge on any atom is 0.0959 e. The molecule has 1 heterocycles. The molecule has 0 bridgehead atoms. The van der Waals surface area contributed by atoms with E-state index < -0.39 is 0 Å². The summed E-state index contributed by atoms with van der Waals surface area (Å²) in [6.45, 7) is 6.83. The normalized spacial score (nSPS) is 27.2. The fraction of sp³-hybridized carbons (Fsp3) is 0.769. The minimum Gasteiger partial charge on any atom is -0.246 e. The van der Waals surface area contributed by atoms with Crippen LogP contribution in [0.15, 0.2) is 5.38 Å². The van der Waals surface area contributed by atoms with E-state index in [1.807, 2.05) is 11.3 Å². The van der Waals surface area contributed by atoms with Crippen molar-refractivity contribution in [2.24, 2.45) is 5.92 Å². The maximum atomic E-state index is 4.79. The zero-order valence-electron chi connectivity index (χ0n) is 9.99. The summed E-state index contributed by atoms with van der Waals surface area (Å²) < 4.78 is 0. The molecule has 2 atom stereocenters. The van der Waals surface area contributed by atoms with E-state index in [0.717, 1.165) is 11.8 Å². The van der Waals surface area contributed by atoms with Crippen molar-refractivity contribution >= 4 is 11.3 Å². The van der Waals surface area contributed by atoms with E-state index in [1.165, 1.54) is 36.4 Å². The van der Waals surface area contributed by atoms with Gasteiger partial charge < -0.3 is 0 Å². The summed E-state index contributed by atoms with van der Waals surface area (Å²) in [5.41, 5.74) is 1.29. The predicted molar refractivity (Wildman–Crippen MR) is 66.6 cm³/mol. The van der Waals surface area contributed by atoms with Crippen LogP contribution in [-0.2, 0) is 0 Å². The van der Waals surface area contributed by atoms with Gasteiger partial charge in [0.15, 0.2) is 0 Å². The Labute approximate surface area is 96.9 Å². The summed E-state index contributed by atoms with van der Waals surface area (Å²) in [5.74, 6) is 2.23. The first-order valence-electron chi connectivity index (χ1n) is 6.12. The molecule has 2 unspecified atom stereocenters. The topological polar surface area (TPSA) is 12.9 Å². The standard InChI is InChI=1S/C13H21NS/c1-9(2)12-8-15-13(14-12)11-6-4-5-10(3)7-11/h8-11H,4-7H2,1-3H3. The lowest BCUT2D eigenvalue weighted by molar-refractivity contribution is 0.343. The van der Waals surface area contributed by atoms with Gasteiger partial charge in [-0.05, 0) is 24.7 Å². The summed E-state index contributed by atoms with van der Waals surface area (Å²) in [6.07, 6.45) is 5.52. The average molecular weight is 223 g/mol. The van der Waals surface area contributed by atoms with Crippen LogP contribution < -0.4 is 0 Å². The molecule has 84 valence electrons. The lowest BCUT2D eigenvalue weighted by Crippen LogP contribution is -2.11. The molecule has 2 rings (SSSR count). The molecule has 0 amide bonds. The van der Waals surface area contributed by atoms with Crippen molar-refractivity contribution in [3.63, 3.8) is 0 Å². The van der Waals surface area contributed by atoms with Crippen LogP contribution in [0.4, 0.5) is 0 Å². The van der Waals surface area contributed by atoms with Crippen molar-refractivity contribution in [1.82, 2.24) is 4.98 Å². The Kier molecular flexibility index (Phi) is 3.45. The van der Waals surface area contributed by atoms with Crippen molar-refractivity contribution in [1.29, 1.82) is 0 Å². The summed E-state index contributed by atoms with van der Waals surface area (Å²) >= 11 is 1.88. The number of rotatable bonds is 2. The number of aromatic nitrogens is 1. The Bertz CT molecular complexity index is 316. The molecule has 1 nitrogen and oxygen atoms in total. The van der Waals surface area contributed by atoms with Crippen molar-refractivity contribution in [3.8, 4) is 0 Å². The van der Waals surface area contributed by atoms with Gasteiger partial charge in [0, 0.05) is 11.3 Å². The van der Waals surface area contributed by atoms with Gasteiger partial charge in [-0.1, -0.05) is 33.6 Å². The molecular weight excluding hydrogens is 202 g/mol. The van der Waals surface area contributed by atoms with Crippen molar-refractivity contribution in [2.75, 3.05) is 0 Å². The zero-order valence-corrected chi connectivity index (χ0v) is 10.8. The van der Waals surface area contributed by atoms with Gasteiger partial charge in [-0.3, -0.25) is 0 Å². The molecule has 2 heteroatoms. The van der Waals surface area contributed by atoms with Crippen molar-refractivity contribution in [2.45, 2.75) is 58.3 Å². The van der Waals surface area contributed by atoms with E-state index in [4.69, 9.17) is 4.98 Å². The monoisotopic (exact) mass is 223 g/mol. The predicted octanol–water partition coefficient (Wildman–Crippen LogP) is 4.56. The highest BCUT2D eigenvalue weighted by molar-refractivity contribution is 7.09. The van der Waals surface area contributed by atoms with Crippen LogP contribution in [0.25, 0.3) is 0 Å². The maximum absolute atomic E-state index is 4.79.